The Morgan fingerprint density at radius 3 is 0.911 bits per heavy atom. The quantitative estimate of drug-likeness (QED) is 0.181. The second kappa shape index (κ2) is 14.8. The zero-order valence-electron chi connectivity index (χ0n) is 32.8. The monoisotopic (exact) mass is 750 g/mol. The van der Waals surface area contributed by atoms with Gasteiger partial charge in [0.15, 0.2) is 0 Å². The van der Waals surface area contributed by atoms with Gasteiger partial charge in [0.05, 0.1) is 80.3 Å². The lowest BCUT2D eigenvalue weighted by molar-refractivity contribution is 0.00578. The SMILES string of the molecule is CC1(C)OB(c2ccc(-c3cccc(-c4ccc(B5OC(C)(C)C(C)(C)O5)cn4)n3)nc2)OC1(C)C.Oc1ccc(-c2cccc(-c3ccc(O)cn3)n2)nc1. The van der Waals surface area contributed by atoms with Gasteiger partial charge in [0, 0.05) is 23.3 Å². The third-order valence-electron chi connectivity index (χ3n) is 10.7. The molecule has 284 valence electrons. The Hall–Kier alpha value is -5.53. The molecule has 0 bridgehead atoms. The van der Waals surface area contributed by atoms with Gasteiger partial charge in [0.25, 0.3) is 0 Å². The molecular weight excluding hydrogens is 706 g/mol. The van der Waals surface area contributed by atoms with E-state index in [1.54, 1.807) is 36.7 Å². The van der Waals surface area contributed by atoms with Crippen molar-refractivity contribution in [2.75, 3.05) is 0 Å². The van der Waals surface area contributed by atoms with E-state index in [1.807, 2.05) is 116 Å². The van der Waals surface area contributed by atoms with E-state index < -0.39 is 36.6 Å². The molecule has 6 aromatic rings. The first-order chi connectivity index (χ1) is 26.5. The van der Waals surface area contributed by atoms with Gasteiger partial charge in [0.1, 0.15) is 11.5 Å². The number of pyridine rings is 6. The van der Waals surface area contributed by atoms with Crippen LogP contribution >= 0.6 is 0 Å². The zero-order valence-corrected chi connectivity index (χ0v) is 32.8. The summed E-state index contributed by atoms with van der Waals surface area (Å²) in [7, 11) is -0.884. The highest BCUT2D eigenvalue weighted by molar-refractivity contribution is 6.62. The van der Waals surface area contributed by atoms with Crippen LogP contribution in [0.3, 0.4) is 0 Å². The molecule has 0 aromatic carbocycles. The molecule has 0 aliphatic carbocycles. The van der Waals surface area contributed by atoms with Crippen molar-refractivity contribution in [1.29, 1.82) is 0 Å². The summed E-state index contributed by atoms with van der Waals surface area (Å²) in [4.78, 5) is 26.8. The van der Waals surface area contributed by atoms with Crippen LogP contribution in [-0.2, 0) is 18.6 Å². The molecule has 14 heteroatoms. The van der Waals surface area contributed by atoms with Crippen molar-refractivity contribution in [3.63, 3.8) is 0 Å². The maximum Gasteiger partial charge on any atom is 0.496 e. The Labute approximate surface area is 327 Å². The lowest BCUT2D eigenvalue weighted by atomic mass is 9.80. The third-order valence-corrected chi connectivity index (χ3v) is 10.7. The number of aromatic nitrogens is 6. The summed E-state index contributed by atoms with van der Waals surface area (Å²) in [5, 5.41) is 18.5. The van der Waals surface area contributed by atoms with Crippen molar-refractivity contribution < 1.29 is 28.8 Å². The molecular formula is C42H44B2N6O6. The number of hydrogen-bond donors (Lipinski definition) is 2. The molecule has 0 saturated carbocycles. The van der Waals surface area contributed by atoms with Crippen molar-refractivity contribution >= 4 is 25.2 Å². The highest BCUT2D eigenvalue weighted by atomic mass is 16.7. The first kappa shape index (κ1) is 38.7. The number of aromatic hydroxyl groups is 2. The van der Waals surface area contributed by atoms with Gasteiger partial charge >= 0.3 is 14.2 Å². The Morgan fingerprint density at radius 2 is 0.661 bits per heavy atom. The minimum absolute atomic E-state index is 0.116. The van der Waals surface area contributed by atoms with Crippen molar-refractivity contribution in [1.82, 2.24) is 29.9 Å². The average molecular weight is 750 g/mol. The van der Waals surface area contributed by atoms with Gasteiger partial charge < -0.3 is 28.8 Å². The fourth-order valence-electron chi connectivity index (χ4n) is 5.87. The molecule has 2 aliphatic heterocycles. The Kier molecular flexibility index (Phi) is 10.3. The van der Waals surface area contributed by atoms with Gasteiger partial charge in [0.2, 0.25) is 0 Å². The highest BCUT2D eigenvalue weighted by Crippen LogP contribution is 2.37. The van der Waals surface area contributed by atoms with E-state index in [0.29, 0.717) is 22.8 Å². The molecule has 12 nitrogen and oxygen atoms in total. The van der Waals surface area contributed by atoms with Gasteiger partial charge in [-0.3, -0.25) is 19.9 Å². The van der Waals surface area contributed by atoms with Crippen LogP contribution in [-0.4, -0.2) is 76.8 Å². The third kappa shape index (κ3) is 8.05. The van der Waals surface area contributed by atoms with Gasteiger partial charge in [-0.25, -0.2) is 9.97 Å². The summed E-state index contributed by atoms with van der Waals surface area (Å²) >= 11 is 0. The minimum Gasteiger partial charge on any atom is -0.506 e. The molecule has 2 N–H and O–H groups in total. The largest absolute Gasteiger partial charge is 0.506 e. The van der Waals surface area contributed by atoms with Gasteiger partial charge in [-0.2, -0.15) is 0 Å². The molecule has 2 fully saturated rings. The van der Waals surface area contributed by atoms with Crippen LogP contribution in [0.2, 0.25) is 0 Å². The maximum atomic E-state index is 9.25. The molecule has 6 aromatic heterocycles. The Bertz CT molecular complexity index is 2120. The van der Waals surface area contributed by atoms with Gasteiger partial charge in [-0.05, 0) is 116 Å². The van der Waals surface area contributed by atoms with Crippen LogP contribution in [0, 0.1) is 0 Å². The summed E-state index contributed by atoms with van der Waals surface area (Å²) in [5.74, 6) is 0.232. The molecule has 0 unspecified atom stereocenters. The minimum atomic E-state index is -0.442. The molecule has 8 heterocycles. The lowest BCUT2D eigenvalue weighted by Crippen LogP contribution is -2.41. The van der Waals surface area contributed by atoms with Crippen LogP contribution in [0.5, 0.6) is 11.5 Å². The van der Waals surface area contributed by atoms with E-state index in [1.165, 1.54) is 12.4 Å². The summed E-state index contributed by atoms with van der Waals surface area (Å²) in [6.45, 7) is 16.3. The number of hydrogen-bond acceptors (Lipinski definition) is 12. The molecule has 2 aliphatic rings. The first-order valence-corrected chi connectivity index (χ1v) is 18.4. The first-order valence-electron chi connectivity index (χ1n) is 18.4. The Morgan fingerprint density at radius 1 is 0.375 bits per heavy atom. The van der Waals surface area contributed by atoms with E-state index in [2.05, 4.69) is 24.9 Å². The molecule has 0 radical (unpaired) electrons. The summed E-state index contributed by atoms with van der Waals surface area (Å²) in [5.41, 5.74) is 6.00. The average Bonchev–Trinajstić information content (AvgIpc) is 3.55. The highest BCUT2D eigenvalue weighted by Gasteiger charge is 2.52. The fourth-order valence-corrected chi connectivity index (χ4v) is 5.87. The second-order valence-electron chi connectivity index (χ2n) is 15.7. The van der Waals surface area contributed by atoms with Crippen molar-refractivity contribution in [2.45, 2.75) is 77.8 Å². The van der Waals surface area contributed by atoms with E-state index in [4.69, 9.17) is 23.6 Å². The van der Waals surface area contributed by atoms with Crippen LogP contribution in [0.25, 0.3) is 45.6 Å². The van der Waals surface area contributed by atoms with E-state index in [9.17, 15) is 10.2 Å². The number of nitrogens with zero attached hydrogens (tertiary/aromatic N) is 6. The summed E-state index contributed by atoms with van der Waals surface area (Å²) < 4.78 is 24.6. The topological polar surface area (TPSA) is 155 Å². The zero-order chi connectivity index (χ0) is 39.9. The predicted octanol–water partition coefficient (Wildman–Crippen LogP) is 6.42. The molecule has 0 amide bonds. The smallest absolute Gasteiger partial charge is 0.496 e. The maximum absolute atomic E-state index is 9.25. The van der Waals surface area contributed by atoms with Crippen LogP contribution < -0.4 is 10.9 Å². The fraction of sp³-hybridized carbons (Fsp3) is 0.286. The number of rotatable bonds is 6. The summed E-state index contributed by atoms with van der Waals surface area (Å²) in [6.07, 6.45) is 6.35. The van der Waals surface area contributed by atoms with Crippen LogP contribution in [0.1, 0.15) is 55.4 Å². The van der Waals surface area contributed by atoms with Crippen molar-refractivity contribution in [2.24, 2.45) is 0 Å². The molecule has 0 atom stereocenters. The Balaban J connectivity index is 0.000000202. The van der Waals surface area contributed by atoms with Crippen molar-refractivity contribution in [3.05, 3.63) is 110 Å². The van der Waals surface area contributed by atoms with E-state index >= 15 is 0 Å². The predicted molar refractivity (Wildman–Crippen MR) is 216 cm³/mol. The van der Waals surface area contributed by atoms with Crippen molar-refractivity contribution in [3.8, 4) is 57.1 Å². The van der Waals surface area contributed by atoms with Crippen LogP contribution in [0.4, 0.5) is 0 Å². The van der Waals surface area contributed by atoms with Gasteiger partial charge in [-0.1, -0.05) is 24.3 Å². The second-order valence-corrected chi connectivity index (χ2v) is 15.7. The molecule has 2 saturated heterocycles. The van der Waals surface area contributed by atoms with Crippen LogP contribution in [0.15, 0.2) is 110 Å². The summed E-state index contributed by atoms with van der Waals surface area (Å²) in [6, 6.07) is 25.8. The lowest BCUT2D eigenvalue weighted by Gasteiger charge is -2.32. The molecule has 0 spiro atoms. The van der Waals surface area contributed by atoms with E-state index in [-0.39, 0.29) is 11.5 Å². The molecule has 56 heavy (non-hydrogen) atoms. The standard InChI is InChI=1S/C27H33B2N3O4.C15H11N3O2/c1-24(2)25(3,4)34-28(33-24)18-12-14-20(30-16-18)22-10-9-11-23(32-22)21-15-13-19(17-31-21)29-35-26(5,6)27(7,8)36-29;19-10-4-6-12(16-8-10)14-2-1-3-15(18-14)13-7-5-11(20)9-17-13/h9-17H,1-8H3;1-9,19-20H. The van der Waals surface area contributed by atoms with E-state index in [0.717, 1.165) is 33.7 Å². The van der Waals surface area contributed by atoms with Gasteiger partial charge in [-0.15, -0.1) is 0 Å². The molecule has 8 rings (SSSR count). The normalized spacial score (nSPS) is 17.6.